The number of hydrogen-bond donors (Lipinski definition) is 1. The first kappa shape index (κ1) is 25.3. The molecule has 0 saturated heterocycles. The first-order valence-corrected chi connectivity index (χ1v) is 12.6. The standard InChI is InChI=1S/C30H34N2O4/c1-32(30-31-27-14-8-9-15-28(27)36-30)20-21-35-26-18-16-24(17-19-26)22-25(29(33)34)13-7-3-6-12-23-10-4-2-5-11-23/h2,4-5,8-11,14-19,25H,3,6-7,12-13,20-22H2,1H3,(H,33,34). The molecule has 1 unspecified atom stereocenters. The number of fused-ring (bicyclic) bond motifs is 1. The topological polar surface area (TPSA) is 75.8 Å². The molecule has 4 rings (SSSR count). The maximum absolute atomic E-state index is 11.8. The van der Waals surface area contributed by atoms with Crippen molar-refractivity contribution in [3.8, 4) is 5.75 Å². The molecule has 0 bridgehead atoms. The maximum atomic E-state index is 11.8. The summed E-state index contributed by atoms with van der Waals surface area (Å²) >= 11 is 0. The van der Waals surface area contributed by atoms with E-state index < -0.39 is 5.97 Å². The van der Waals surface area contributed by atoms with Crippen molar-refractivity contribution in [2.45, 2.75) is 38.5 Å². The van der Waals surface area contributed by atoms with E-state index in [1.807, 2.05) is 66.5 Å². The fraction of sp³-hybridized carbons (Fsp3) is 0.333. The van der Waals surface area contributed by atoms with Gasteiger partial charge in [-0.3, -0.25) is 4.79 Å². The third kappa shape index (κ3) is 7.35. The molecule has 0 aliphatic heterocycles. The van der Waals surface area contributed by atoms with Crippen molar-refractivity contribution in [2.24, 2.45) is 5.92 Å². The second kappa shape index (κ2) is 12.8. The largest absolute Gasteiger partial charge is 0.492 e. The van der Waals surface area contributed by atoms with E-state index in [0.29, 0.717) is 32.0 Å². The molecule has 1 atom stereocenters. The Kier molecular flexibility index (Phi) is 8.98. The van der Waals surface area contributed by atoms with Gasteiger partial charge in [0.1, 0.15) is 17.9 Å². The lowest BCUT2D eigenvalue weighted by Gasteiger charge is -2.15. The second-order valence-corrected chi connectivity index (χ2v) is 9.20. The monoisotopic (exact) mass is 486 g/mol. The lowest BCUT2D eigenvalue weighted by Crippen LogP contribution is -2.24. The first-order valence-electron chi connectivity index (χ1n) is 12.6. The predicted molar refractivity (Wildman–Crippen MR) is 143 cm³/mol. The number of aromatic nitrogens is 1. The molecule has 188 valence electrons. The van der Waals surface area contributed by atoms with Crippen LogP contribution in [0.15, 0.2) is 83.3 Å². The Bertz CT molecular complexity index is 1190. The van der Waals surface area contributed by atoms with Crippen molar-refractivity contribution in [3.05, 3.63) is 90.0 Å². The van der Waals surface area contributed by atoms with Crippen LogP contribution in [-0.2, 0) is 17.6 Å². The van der Waals surface area contributed by atoms with Gasteiger partial charge in [0, 0.05) is 7.05 Å². The van der Waals surface area contributed by atoms with Crippen molar-refractivity contribution in [1.82, 2.24) is 4.98 Å². The number of carboxylic acid groups (broad SMARTS) is 1. The highest BCUT2D eigenvalue weighted by Gasteiger charge is 2.17. The van der Waals surface area contributed by atoms with Gasteiger partial charge in [-0.05, 0) is 61.1 Å². The molecule has 0 amide bonds. The molecule has 1 N–H and O–H groups in total. The van der Waals surface area contributed by atoms with Crippen LogP contribution in [0.4, 0.5) is 6.01 Å². The molecule has 0 fully saturated rings. The number of anilines is 1. The van der Waals surface area contributed by atoms with E-state index in [4.69, 9.17) is 9.15 Å². The fourth-order valence-corrected chi connectivity index (χ4v) is 4.28. The fourth-order valence-electron chi connectivity index (χ4n) is 4.28. The van der Waals surface area contributed by atoms with Gasteiger partial charge >= 0.3 is 5.97 Å². The van der Waals surface area contributed by atoms with E-state index in [-0.39, 0.29) is 5.92 Å². The number of carboxylic acids is 1. The molecule has 36 heavy (non-hydrogen) atoms. The minimum absolute atomic E-state index is 0.363. The Morgan fingerprint density at radius 3 is 2.44 bits per heavy atom. The van der Waals surface area contributed by atoms with Gasteiger partial charge in [-0.15, -0.1) is 0 Å². The van der Waals surface area contributed by atoms with E-state index in [2.05, 4.69) is 29.2 Å². The number of benzene rings is 3. The zero-order valence-electron chi connectivity index (χ0n) is 20.8. The Morgan fingerprint density at radius 2 is 1.69 bits per heavy atom. The molecule has 3 aromatic carbocycles. The van der Waals surface area contributed by atoms with Crippen LogP contribution < -0.4 is 9.64 Å². The van der Waals surface area contributed by atoms with Crippen LogP contribution in [0.1, 0.15) is 36.8 Å². The van der Waals surface area contributed by atoms with E-state index in [0.717, 1.165) is 48.1 Å². The Morgan fingerprint density at radius 1 is 0.944 bits per heavy atom. The number of para-hydroxylation sites is 2. The second-order valence-electron chi connectivity index (χ2n) is 9.20. The van der Waals surface area contributed by atoms with Gasteiger partial charge in [-0.25, -0.2) is 0 Å². The predicted octanol–water partition coefficient (Wildman–Crippen LogP) is 6.39. The lowest BCUT2D eigenvalue weighted by molar-refractivity contribution is -0.142. The Balaban J connectivity index is 1.18. The summed E-state index contributed by atoms with van der Waals surface area (Å²) in [7, 11) is 1.92. The summed E-state index contributed by atoms with van der Waals surface area (Å²) in [6.45, 7) is 1.11. The zero-order valence-corrected chi connectivity index (χ0v) is 20.8. The van der Waals surface area contributed by atoms with Gasteiger partial charge in [0.25, 0.3) is 6.01 Å². The Labute approximate surface area is 212 Å². The highest BCUT2D eigenvalue weighted by atomic mass is 16.5. The first-order chi connectivity index (χ1) is 17.6. The third-order valence-electron chi connectivity index (χ3n) is 6.42. The molecule has 0 radical (unpaired) electrons. The Hall–Kier alpha value is -3.80. The number of carbonyl (C=O) groups is 1. The molecule has 4 aromatic rings. The van der Waals surface area contributed by atoms with Crippen molar-refractivity contribution in [1.29, 1.82) is 0 Å². The van der Waals surface area contributed by atoms with Crippen LogP contribution >= 0.6 is 0 Å². The van der Waals surface area contributed by atoms with Gasteiger partial charge in [0.15, 0.2) is 5.58 Å². The number of aliphatic carboxylic acids is 1. The smallest absolute Gasteiger partial charge is 0.306 e. The highest BCUT2D eigenvalue weighted by Crippen LogP contribution is 2.22. The molecule has 1 aromatic heterocycles. The zero-order chi connectivity index (χ0) is 25.2. The van der Waals surface area contributed by atoms with Crippen LogP contribution in [0.5, 0.6) is 5.75 Å². The molecule has 6 nitrogen and oxygen atoms in total. The van der Waals surface area contributed by atoms with Crippen LogP contribution in [-0.4, -0.2) is 36.3 Å². The summed E-state index contributed by atoms with van der Waals surface area (Å²) < 4.78 is 11.7. The summed E-state index contributed by atoms with van der Waals surface area (Å²) in [6, 6.07) is 26.4. The summed E-state index contributed by atoms with van der Waals surface area (Å²) in [6.07, 6.45) is 5.34. The van der Waals surface area contributed by atoms with E-state index >= 15 is 0 Å². The van der Waals surface area contributed by atoms with Crippen LogP contribution in [0.25, 0.3) is 11.1 Å². The highest BCUT2D eigenvalue weighted by molar-refractivity contribution is 5.74. The minimum atomic E-state index is -0.722. The van der Waals surface area contributed by atoms with Gasteiger partial charge < -0.3 is 19.2 Å². The van der Waals surface area contributed by atoms with E-state index in [1.54, 1.807) is 0 Å². The van der Waals surface area contributed by atoms with Crippen LogP contribution in [0.2, 0.25) is 0 Å². The molecule has 0 aliphatic carbocycles. The van der Waals surface area contributed by atoms with Crippen LogP contribution in [0.3, 0.4) is 0 Å². The van der Waals surface area contributed by atoms with Gasteiger partial charge in [0.2, 0.25) is 0 Å². The van der Waals surface area contributed by atoms with Gasteiger partial charge in [-0.2, -0.15) is 4.98 Å². The normalized spacial score (nSPS) is 11.9. The molecule has 0 aliphatic rings. The molecule has 0 spiro atoms. The van der Waals surface area contributed by atoms with Crippen LogP contribution in [0, 0.1) is 5.92 Å². The molecule has 0 saturated carbocycles. The number of nitrogens with zero attached hydrogens (tertiary/aromatic N) is 2. The number of unbranched alkanes of at least 4 members (excludes halogenated alkanes) is 2. The van der Waals surface area contributed by atoms with Gasteiger partial charge in [0.05, 0.1) is 12.5 Å². The van der Waals surface area contributed by atoms with E-state index in [1.165, 1.54) is 5.56 Å². The quantitative estimate of drug-likeness (QED) is 0.208. The third-order valence-corrected chi connectivity index (χ3v) is 6.42. The van der Waals surface area contributed by atoms with Gasteiger partial charge in [-0.1, -0.05) is 67.4 Å². The summed E-state index contributed by atoms with van der Waals surface area (Å²) in [5.74, 6) is -0.323. The minimum Gasteiger partial charge on any atom is -0.492 e. The number of rotatable bonds is 14. The number of likely N-dealkylation sites (N-methyl/N-ethyl adjacent to an activating group) is 1. The van der Waals surface area contributed by atoms with Crippen molar-refractivity contribution < 1.29 is 19.1 Å². The number of oxazole rings is 1. The molecule has 1 heterocycles. The summed E-state index contributed by atoms with van der Waals surface area (Å²) in [5, 5.41) is 9.69. The number of ether oxygens (including phenoxy) is 1. The molecular formula is C30H34N2O4. The van der Waals surface area contributed by atoms with E-state index in [9.17, 15) is 9.90 Å². The van der Waals surface area contributed by atoms with Crippen molar-refractivity contribution >= 4 is 23.1 Å². The maximum Gasteiger partial charge on any atom is 0.306 e. The average Bonchev–Trinajstić information content (AvgIpc) is 3.34. The average molecular weight is 487 g/mol. The SMILES string of the molecule is CN(CCOc1ccc(CC(CCCCCc2ccccc2)C(=O)O)cc1)c1nc2ccccc2o1. The van der Waals surface area contributed by atoms with Crippen molar-refractivity contribution in [2.75, 3.05) is 25.1 Å². The molecule has 6 heteroatoms. The number of aryl methyl sites for hydroxylation is 1. The summed E-state index contributed by atoms with van der Waals surface area (Å²) in [4.78, 5) is 18.2. The summed E-state index contributed by atoms with van der Waals surface area (Å²) in [5.41, 5.74) is 3.96. The number of hydrogen-bond acceptors (Lipinski definition) is 5. The lowest BCUT2D eigenvalue weighted by atomic mass is 9.93. The molecular weight excluding hydrogens is 452 g/mol. The van der Waals surface area contributed by atoms with Crippen molar-refractivity contribution in [3.63, 3.8) is 0 Å².